The van der Waals surface area contributed by atoms with Crippen LogP contribution in [0.3, 0.4) is 0 Å². The van der Waals surface area contributed by atoms with Crippen molar-refractivity contribution in [2.75, 3.05) is 0 Å². The molecule has 0 saturated heterocycles. The van der Waals surface area contributed by atoms with Crippen molar-refractivity contribution >= 4 is 23.0 Å². The Morgan fingerprint density at radius 2 is 1.12 bits per heavy atom. The molecule has 0 atom stereocenters. The third kappa shape index (κ3) is 12.1. The van der Waals surface area contributed by atoms with E-state index in [1.54, 1.807) is 0 Å². The largest absolute Gasteiger partial charge is 2.00 e. The topological polar surface area (TPSA) is 431 Å². The van der Waals surface area contributed by atoms with Gasteiger partial charge in [-0.25, -0.2) is 4.98 Å². The third-order valence-corrected chi connectivity index (χ3v) is 2.00. The fourth-order valence-electron chi connectivity index (χ4n) is 1.32. The van der Waals surface area contributed by atoms with Crippen molar-refractivity contribution in [3.63, 3.8) is 0 Å². The molecule has 2 rings (SSSR count). The number of fused-ring (bicyclic) bond motifs is 1. The first-order valence-corrected chi connectivity index (χ1v) is 3.99. The molecule has 26 heavy (non-hydrogen) atoms. The third-order valence-electron chi connectivity index (χ3n) is 2.00. The zero-order valence-electron chi connectivity index (χ0n) is 13.0. The Hall–Kier alpha value is -2.26. The molecule has 1 radical (unpaired) electrons. The van der Waals surface area contributed by atoms with Crippen LogP contribution < -0.4 is 10.2 Å². The summed E-state index contributed by atoms with van der Waals surface area (Å²) in [6.45, 7) is 0. The fraction of sp³-hybridized carbons (Fsp3) is 0. The minimum absolute atomic E-state index is 0. The SMILES string of the molecule is O.O.O.O.O.O=C([O-])c1cc2nc[nH]c2cc1C(=O)[O-].[Co+2].[OH3+].[OH3+].[OH3+].[OH3+].[OH3+]. The molecule has 163 valence electrons. The summed E-state index contributed by atoms with van der Waals surface area (Å²) >= 11 is 0. The smallest absolute Gasteiger partial charge is 0.545 e. The minimum Gasteiger partial charge on any atom is -0.545 e. The molecule has 1 aromatic heterocycles. The summed E-state index contributed by atoms with van der Waals surface area (Å²) in [6.07, 6.45) is 1.34. The van der Waals surface area contributed by atoms with E-state index < -0.39 is 23.1 Å². The van der Waals surface area contributed by atoms with Gasteiger partial charge in [0.05, 0.1) is 29.3 Å². The Bertz CT molecular complexity index is 529. The summed E-state index contributed by atoms with van der Waals surface area (Å²) in [7, 11) is 0. The van der Waals surface area contributed by atoms with Gasteiger partial charge >= 0.3 is 16.8 Å². The van der Waals surface area contributed by atoms with Gasteiger partial charge < -0.3 is 79.5 Å². The first-order valence-electron chi connectivity index (χ1n) is 3.99. The molecule has 2 aromatic rings. The van der Waals surface area contributed by atoms with Crippen LogP contribution in [-0.4, -0.2) is 49.3 Å². The molecular weight excluding hydrogens is 419 g/mol. The minimum atomic E-state index is -1.57. The van der Waals surface area contributed by atoms with E-state index in [1.807, 2.05) is 0 Å². The number of hydrogen-bond acceptors (Lipinski definition) is 5. The van der Waals surface area contributed by atoms with E-state index in [0.717, 1.165) is 12.1 Å². The van der Waals surface area contributed by atoms with Crippen LogP contribution >= 0.6 is 0 Å². The molecule has 16 nitrogen and oxygen atoms in total. The second-order valence-corrected chi connectivity index (χ2v) is 2.89. The van der Waals surface area contributed by atoms with Crippen LogP contribution in [-0.2, 0) is 44.2 Å². The summed E-state index contributed by atoms with van der Waals surface area (Å²) in [5, 5.41) is 21.3. The molecule has 0 amide bonds. The van der Waals surface area contributed by atoms with Gasteiger partial charge in [-0.15, -0.1) is 0 Å². The molecule has 1 aromatic carbocycles. The van der Waals surface area contributed by atoms with Crippen LogP contribution in [0.4, 0.5) is 0 Å². The maximum absolute atomic E-state index is 10.7. The van der Waals surface area contributed by atoms with Gasteiger partial charge in [0.2, 0.25) is 0 Å². The van der Waals surface area contributed by atoms with Crippen molar-refractivity contribution < 1.29 is 91.3 Å². The maximum atomic E-state index is 10.7. The van der Waals surface area contributed by atoms with E-state index in [0.29, 0.717) is 11.0 Å². The summed E-state index contributed by atoms with van der Waals surface area (Å²) in [5.74, 6) is -3.13. The summed E-state index contributed by atoms with van der Waals surface area (Å²) < 4.78 is 0. The molecule has 0 aliphatic rings. The fourth-order valence-corrected chi connectivity index (χ4v) is 1.32. The Kier molecular flexibility index (Phi) is 62.5. The number of nitrogens with zero attached hydrogens (tertiary/aromatic N) is 1. The van der Waals surface area contributed by atoms with Gasteiger partial charge in [-0.2, -0.15) is 0 Å². The molecule has 0 spiro atoms. The van der Waals surface area contributed by atoms with Crippen LogP contribution in [0, 0.1) is 0 Å². The van der Waals surface area contributed by atoms with E-state index in [9.17, 15) is 19.8 Å². The number of benzene rings is 1. The van der Waals surface area contributed by atoms with Crippen molar-refractivity contribution in [3.8, 4) is 0 Å². The van der Waals surface area contributed by atoms with Crippen molar-refractivity contribution in [1.82, 2.24) is 9.97 Å². The quantitative estimate of drug-likeness (QED) is 0.436. The van der Waals surface area contributed by atoms with E-state index in [1.165, 1.54) is 6.33 Å². The zero-order chi connectivity index (χ0) is 11.0. The number of rotatable bonds is 2. The predicted molar refractivity (Wildman–Crippen MR) is 87.2 cm³/mol. The molecule has 0 unspecified atom stereocenters. The molecule has 1 heterocycles. The van der Waals surface area contributed by atoms with Crippen molar-refractivity contribution in [2.24, 2.45) is 0 Å². The Morgan fingerprint density at radius 3 is 1.46 bits per heavy atom. The molecule has 0 aliphatic carbocycles. The maximum Gasteiger partial charge on any atom is 2.00 e. The number of aromatic nitrogens is 2. The summed E-state index contributed by atoms with van der Waals surface area (Å²) in [6, 6.07) is 2.29. The number of hydrogen-bond donors (Lipinski definition) is 1. The Balaban J connectivity index is -0.0000000291. The Labute approximate surface area is 154 Å². The zero-order valence-corrected chi connectivity index (χ0v) is 14.1. The van der Waals surface area contributed by atoms with Gasteiger partial charge in [-0.3, -0.25) is 0 Å². The van der Waals surface area contributed by atoms with Gasteiger partial charge in [0.25, 0.3) is 0 Å². The van der Waals surface area contributed by atoms with Crippen LogP contribution in [0.1, 0.15) is 20.7 Å². The molecule has 17 heteroatoms. The van der Waals surface area contributed by atoms with Crippen LogP contribution in [0.5, 0.6) is 0 Å². The number of aromatic amines is 1. The number of imidazole rings is 1. The molecule has 0 aliphatic heterocycles. The number of carboxylic acids is 2. The average molecular weight is 448 g/mol. The van der Waals surface area contributed by atoms with Crippen LogP contribution in [0.2, 0.25) is 0 Å². The average Bonchev–Trinajstić information content (AvgIpc) is 2.61. The molecular formula is C9H29CoN2O14+5. The first-order chi connectivity index (χ1) is 7.09. The molecule has 26 N–H and O–H groups in total. The monoisotopic (exact) mass is 448 g/mol. The van der Waals surface area contributed by atoms with E-state index in [-0.39, 0.29) is 71.5 Å². The Morgan fingerprint density at radius 1 is 0.769 bits per heavy atom. The second kappa shape index (κ2) is 25.0. The molecule has 0 saturated carbocycles. The van der Waals surface area contributed by atoms with Gasteiger partial charge in [0.15, 0.2) is 0 Å². The standard InChI is InChI=1S/C9H6N2O4.Co.10H2O/c12-8(13)4-1-6-7(11-3-10-6)2-5(4)9(14)15;;;;;;;;;;;/h1-3H,(H,10,11)(H,12,13)(H,14,15);;10*1H2/q;+2;;;;;;;;;;/p+3. The summed E-state index contributed by atoms with van der Waals surface area (Å²) in [4.78, 5) is 27.8. The van der Waals surface area contributed by atoms with Crippen molar-refractivity contribution in [1.29, 1.82) is 0 Å². The number of carbonyl (C=O) groups excluding carboxylic acids is 2. The number of carboxylic acid groups (broad SMARTS) is 2. The van der Waals surface area contributed by atoms with Gasteiger partial charge in [-0.1, -0.05) is 0 Å². The van der Waals surface area contributed by atoms with Crippen molar-refractivity contribution in [2.45, 2.75) is 0 Å². The van der Waals surface area contributed by atoms with Gasteiger partial charge in [0, 0.05) is 11.1 Å². The van der Waals surface area contributed by atoms with Crippen LogP contribution in [0.15, 0.2) is 18.5 Å². The van der Waals surface area contributed by atoms with Gasteiger partial charge in [-0.05, 0) is 12.1 Å². The normalized spacial score (nSPS) is 6.00. The van der Waals surface area contributed by atoms with E-state index in [2.05, 4.69) is 9.97 Å². The predicted octanol–water partition coefficient (Wildman–Crippen LogP) is -10.4. The van der Waals surface area contributed by atoms with E-state index >= 15 is 0 Å². The number of nitrogens with one attached hydrogen (secondary N) is 1. The van der Waals surface area contributed by atoms with Crippen LogP contribution in [0.25, 0.3) is 11.0 Å². The van der Waals surface area contributed by atoms with E-state index in [4.69, 9.17) is 0 Å². The molecule has 0 fully saturated rings. The molecule has 0 bridgehead atoms. The van der Waals surface area contributed by atoms with Gasteiger partial charge in [0.1, 0.15) is 0 Å². The number of H-pyrrole nitrogens is 1. The van der Waals surface area contributed by atoms with Crippen molar-refractivity contribution in [3.05, 3.63) is 29.6 Å². The number of aromatic carboxylic acids is 2. The number of carbonyl (C=O) groups is 2. The first kappa shape index (κ1) is 65.0. The summed E-state index contributed by atoms with van der Waals surface area (Å²) in [5.41, 5.74) is -0.0697. The second-order valence-electron chi connectivity index (χ2n) is 2.89.